The maximum atomic E-state index is 6.28. The quantitative estimate of drug-likeness (QED) is 0.581. The summed E-state index contributed by atoms with van der Waals surface area (Å²) in [5.74, 6) is 4.32. The van der Waals surface area contributed by atoms with E-state index in [1.807, 2.05) is 6.07 Å². The molecule has 2 heterocycles. The Kier molecular flexibility index (Phi) is 6.06. The van der Waals surface area contributed by atoms with Gasteiger partial charge >= 0.3 is 0 Å². The molecule has 0 aromatic heterocycles. The summed E-state index contributed by atoms with van der Waals surface area (Å²) in [6.07, 6.45) is 6.75. The van der Waals surface area contributed by atoms with Crippen LogP contribution in [0.3, 0.4) is 0 Å². The predicted molar refractivity (Wildman–Crippen MR) is 118 cm³/mol. The highest BCUT2D eigenvalue weighted by atomic mass is 16.5. The lowest BCUT2D eigenvalue weighted by Crippen LogP contribution is -2.15. The van der Waals surface area contributed by atoms with Crippen molar-refractivity contribution in [3.63, 3.8) is 0 Å². The van der Waals surface area contributed by atoms with Crippen molar-refractivity contribution in [1.29, 1.82) is 0 Å². The molecule has 0 atom stereocenters. The smallest absolute Gasteiger partial charge is 0.204 e. The minimum absolute atomic E-state index is 0.265. The summed E-state index contributed by atoms with van der Waals surface area (Å²) in [6, 6.07) is 6.14. The Morgan fingerprint density at radius 1 is 1.17 bits per heavy atom. The van der Waals surface area contributed by atoms with Crippen molar-refractivity contribution in [3.8, 4) is 23.0 Å². The number of imidazole rings is 1. The molecule has 4 rings (SSSR count). The molecule has 0 bridgehead atoms. The second-order valence-electron chi connectivity index (χ2n) is 8.15. The molecule has 30 heavy (non-hydrogen) atoms. The van der Waals surface area contributed by atoms with E-state index in [1.54, 1.807) is 13.3 Å². The first-order chi connectivity index (χ1) is 14.6. The van der Waals surface area contributed by atoms with E-state index in [2.05, 4.69) is 52.8 Å². The number of fused-ring (bicyclic) bond motifs is 1. The second-order valence-corrected chi connectivity index (χ2v) is 8.15. The van der Waals surface area contributed by atoms with Crippen LogP contribution in [0.1, 0.15) is 63.8 Å². The minimum Gasteiger partial charge on any atom is -0.493 e. The Hall–Kier alpha value is -2.83. The maximum absolute atomic E-state index is 6.28. The molecule has 0 radical (unpaired) electrons. The molecule has 3 aliphatic rings. The summed E-state index contributed by atoms with van der Waals surface area (Å²) >= 11 is 0. The van der Waals surface area contributed by atoms with Crippen LogP contribution in [0.4, 0.5) is 5.95 Å². The SMILES string of the molecule is CCNc1ncc2nc(C(C)C)nc-2n1Cc1ccc(OC)c(OC2CCCC2)c1. The number of rotatable bonds is 8. The molecule has 1 aromatic rings. The van der Waals surface area contributed by atoms with Gasteiger partial charge in [-0.3, -0.25) is 4.57 Å². The Morgan fingerprint density at radius 2 is 1.97 bits per heavy atom. The highest BCUT2D eigenvalue weighted by Crippen LogP contribution is 2.33. The molecule has 160 valence electrons. The highest BCUT2D eigenvalue weighted by Gasteiger charge is 2.21. The van der Waals surface area contributed by atoms with Crippen molar-refractivity contribution in [2.24, 2.45) is 0 Å². The van der Waals surface area contributed by atoms with Crippen LogP contribution in [-0.4, -0.2) is 39.3 Å². The van der Waals surface area contributed by atoms with E-state index in [0.29, 0.717) is 6.54 Å². The standard InChI is InChI=1S/C23H31N5O2/c1-5-24-23-25-13-18-22(27-21(26-18)15(2)3)28(23)14-16-10-11-19(29-4)20(12-16)30-17-8-6-7-9-17/h10-13,15,17H,5-9,14H2,1-4H3,(H,24,25). The van der Waals surface area contributed by atoms with Gasteiger partial charge in [-0.05, 0) is 50.3 Å². The van der Waals surface area contributed by atoms with Gasteiger partial charge in [0.2, 0.25) is 5.95 Å². The first-order valence-electron chi connectivity index (χ1n) is 10.9. The Balaban J connectivity index is 1.69. The van der Waals surface area contributed by atoms with Gasteiger partial charge in [0.05, 0.1) is 26.0 Å². The number of hydrogen-bond acceptors (Lipinski definition) is 6. The van der Waals surface area contributed by atoms with E-state index < -0.39 is 0 Å². The van der Waals surface area contributed by atoms with E-state index in [0.717, 1.165) is 59.7 Å². The Bertz CT molecular complexity index is 962. The van der Waals surface area contributed by atoms with Gasteiger partial charge in [-0.25, -0.2) is 15.0 Å². The molecule has 2 aliphatic heterocycles. The van der Waals surface area contributed by atoms with E-state index in [-0.39, 0.29) is 12.0 Å². The average Bonchev–Trinajstić information content (AvgIpc) is 3.40. The number of nitrogens with zero attached hydrogens (tertiary/aromatic N) is 4. The molecule has 1 saturated carbocycles. The number of hydrogen-bond donors (Lipinski definition) is 1. The fourth-order valence-corrected chi connectivity index (χ4v) is 3.93. The van der Waals surface area contributed by atoms with Crippen molar-refractivity contribution in [3.05, 3.63) is 35.8 Å². The summed E-state index contributed by atoms with van der Waals surface area (Å²) in [4.78, 5) is 14.1. The van der Waals surface area contributed by atoms with E-state index in [4.69, 9.17) is 14.5 Å². The summed E-state index contributed by atoms with van der Waals surface area (Å²) in [6.45, 7) is 7.67. The molecule has 0 spiro atoms. The summed E-state index contributed by atoms with van der Waals surface area (Å²) in [7, 11) is 1.69. The number of ether oxygens (including phenoxy) is 2. The number of benzene rings is 1. The average molecular weight is 410 g/mol. The monoisotopic (exact) mass is 409 g/mol. The summed E-state index contributed by atoms with van der Waals surface area (Å²) < 4.78 is 13.9. The molecule has 0 amide bonds. The van der Waals surface area contributed by atoms with Crippen molar-refractivity contribution >= 4 is 5.95 Å². The number of anilines is 1. The molecule has 0 unspecified atom stereocenters. The van der Waals surface area contributed by atoms with Crippen LogP contribution < -0.4 is 14.8 Å². The van der Waals surface area contributed by atoms with E-state index in [9.17, 15) is 0 Å². The summed E-state index contributed by atoms with van der Waals surface area (Å²) in [5.41, 5.74) is 1.92. The van der Waals surface area contributed by atoms with Gasteiger partial charge in [0.25, 0.3) is 0 Å². The van der Waals surface area contributed by atoms with Crippen LogP contribution in [-0.2, 0) is 6.54 Å². The zero-order valence-electron chi connectivity index (χ0n) is 18.3. The number of aromatic nitrogens is 4. The van der Waals surface area contributed by atoms with Crippen LogP contribution in [0.25, 0.3) is 11.5 Å². The highest BCUT2D eigenvalue weighted by molar-refractivity contribution is 5.55. The first kappa shape index (κ1) is 20.4. The van der Waals surface area contributed by atoms with Gasteiger partial charge in [0.15, 0.2) is 17.3 Å². The third-order valence-corrected chi connectivity index (χ3v) is 5.52. The zero-order chi connectivity index (χ0) is 21.1. The molecule has 1 N–H and O–H groups in total. The largest absolute Gasteiger partial charge is 0.493 e. The maximum Gasteiger partial charge on any atom is 0.204 e. The van der Waals surface area contributed by atoms with Crippen LogP contribution in [0, 0.1) is 0 Å². The topological polar surface area (TPSA) is 74.1 Å². The van der Waals surface area contributed by atoms with Gasteiger partial charge in [0.1, 0.15) is 11.5 Å². The van der Waals surface area contributed by atoms with Crippen molar-refractivity contribution < 1.29 is 9.47 Å². The molecular formula is C23H31N5O2. The molecule has 1 aromatic carbocycles. The first-order valence-corrected chi connectivity index (χ1v) is 10.9. The molecule has 0 saturated heterocycles. The van der Waals surface area contributed by atoms with Crippen LogP contribution in [0.15, 0.2) is 24.4 Å². The third kappa shape index (κ3) is 4.20. The molecule has 7 heteroatoms. The Labute approximate surface area is 178 Å². The lowest BCUT2D eigenvalue weighted by Gasteiger charge is -2.19. The van der Waals surface area contributed by atoms with E-state index in [1.165, 1.54) is 12.8 Å². The number of nitrogens with one attached hydrogen (secondary N) is 1. The van der Waals surface area contributed by atoms with Gasteiger partial charge < -0.3 is 14.8 Å². The predicted octanol–water partition coefficient (Wildman–Crippen LogP) is 4.71. The lowest BCUT2D eigenvalue weighted by molar-refractivity contribution is 0.200. The van der Waals surface area contributed by atoms with Crippen molar-refractivity contribution in [2.75, 3.05) is 19.0 Å². The molecular weight excluding hydrogens is 378 g/mol. The van der Waals surface area contributed by atoms with Crippen LogP contribution in [0.2, 0.25) is 0 Å². The number of methoxy groups -OCH3 is 1. The fourth-order valence-electron chi connectivity index (χ4n) is 3.93. The van der Waals surface area contributed by atoms with Crippen molar-refractivity contribution in [2.45, 2.75) is 65.0 Å². The zero-order valence-corrected chi connectivity index (χ0v) is 18.3. The lowest BCUT2D eigenvalue weighted by atomic mass is 10.2. The minimum atomic E-state index is 0.265. The fraction of sp³-hybridized carbons (Fsp3) is 0.522. The second kappa shape index (κ2) is 8.90. The molecule has 1 fully saturated rings. The van der Waals surface area contributed by atoms with Crippen LogP contribution in [0.5, 0.6) is 11.5 Å². The van der Waals surface area contributed by atoms with Crippen molar-refractivity contribution in [1.82, 2.24) is 19.5 Å². The van der Waals surface area contributed by atoms with Crippen LogP contribution >= 0.6 is 0 Å². The molecule has 7 nitrogen and oxygen atoms in total. The summed E-state index contributed by atoms with van der Waals surface area (Å²) in [5, 5.41) is 3.35. The third-order valence-electron chi connectivity index (χ3n) is 5.52. The molecule has 1 aliphatic carbocycles. The Morgan fingerprint density at radius 3 is 2.67 bits per heavy atom. The van der Waals surface area contributed by atoms with Gasteiger partial charge in [-0.1, -0.05) is 19.9 Å². The van der Waals surface area contributed by atoms with E-state index >= 15 is 0 Å². The van der Waals surface area contributed by atoms with Gasteiger partial charge in [0, 0.05) is 12.5 Å². The van der Waals surface area contributed by atoms with Gasteiger partial charge in [-0.2, -0.15) is 0 Å². The normalized spacial score (nSPS) is 14.6. The van der Waals surface area contributed by atoms with Gasteiger partial charge in [-0.15, -0.1) is 0 Å².